The molecule has 0 bridgehead atoms. The van der Waals surface area contributed by atoms with Gasteiger partial charge < -0.3 is 15.7 Å². The van der Waals surface area contributed by atoms with Crippen LogP contribution < -0.4 is 10.6 Å². The maximum Gasteiger partial charge on any atom is 0.401 e. The lowest BCUT2D eigenvalue weighted by atomic mass is 10.1. The molecule has 9 heteroatoms. The van der Waals surface area contributed by atoms with Crippen molar-refractivity contribution in [2.45, 2.75) is 25.6 Å². The predicted octanol–water partition coefficient (Wildman–Crippen LogP) is 2.00. The molecule has 0 aliphatic rings. The lowest BCUT2D eigenvalue weighted by molar-refractivity contribution is -0.142. The molecule has 0 aliphatic carbocycles. The number of hydrogen-bond donors (Lipinski definition) is 3. The third kappa shape index (κ3) is 7.98. The summed E-state index contributed by atoms with van der Waals surface area (Å²) in [6.45, 7) is 3.94. The molecular formula is C15H25F3N4OS. The van der Waals surface area contributed by atoms with Gasteiger partial charge in [0.15, 0.2) is 5.96 Å². The van der Waals surface area contributed by atoms with Gasteiger partial charge in [-0.2, -0.15) is 13.2 Å². The first kappa shape index (κ1) is 20.7. The van der Waals surface area contributed by atoms with Crippen LogP contribution in [-0.4, -0.2) is 61.9 Å². The van der Waals surface area contributed by atoms with Crippen molar-refractivity contribution in [1.29, 1.82) is 0 Å². The molecule has 1 aromatic rings. The van der Waals surface area contributed by atoms with Crippen molar-refractivity contribution in [3.05, 3.63) is 22.4 Å². The fourth-order valence-electron chi connectivity index (χ4n) is 1.99. The summed E-state index contributed by atoms with van der Waals surface area (Å²) in [5, 5.41) is 18.3. The first-order chi connectivity index (χ1) is 11.1. The largest absolute Gasteiger partial charge is 0.401 e. The third-order valence-corrected chi connectivity index (χ3v) is 4.30. The summed E-state index contributed by atoms with van der Waals surface area (Å²) in [5.74, 6) is 0.467. The van der Waals surface area contributed by atoms with Crippen molar-refractivity contribution in [2.24, 2.45) is 4.99 Å². The van der Waals surface area contributed by atoms with Crippen LogP contribution >= 0.6 is 11.3 Å². The van der Waals surface area contributed by atoms with Crippen molar-refractivity contribution in [3.63, 3.8) is 0 Å². The molecule has 24 heavy (non-hydrogen) atoms. The molecule has 0 radical (unpaired) electrons. The fraction of sp³-hybridized carbons (Fsp3) is 0.667. The molecule has 0 fully saturated rings. The smallest absolute Gasteiger partial charge is 0.383 e. The molecule has 1 atom stereocenters. The van der Waals surface area contributed by atoms with Crippen LogP contribution in [0.5, 0.6) is 0 Å². The highest BCUT2D eigenvalue weighted by molar-refractivity contribution is 7.10. The van der Waals surface area contributed by atoms with Gasteiger partial charge in [-0.05, 0) is 32.3 Å². The molecule has 5 nitrogen and oxygen atoms in total. The van der Waals surface area contributed by atoms with Crippen LogP contribution in [0.25, 0.3) is 0 Å². The molecule has 0 saturated carbocycles. The molecule has 1 heterocycles. The highest BCUT2D eigenvalue weighted by Crippen LogP contribution is 2.25. The number of alkyl halides is 3. The average Bonchev–Trinajstić information content (AvgIpc) is 2.97. The standard InChI is InChI=1S/C15H25F3N4OS/c1-4-19-13(20-7-8-22(3)11-15(16,17)18)21-10-14(2,23)12-6-5-9-24-12/h5-6,9,23H,4,7-8,10-11H2,1-3H3,(H2,19,20,21). The van der Waals surface area contributed by atoms with E-state index in [4.69, 9.17) is 0 Å². The first-order valence-electron chi connectivity index (χ1n) is 7.68. The van der Waals surface area contributed by atoms with Gasteiger partial charge in [0.1, 0.15) is 5.60 Å². The topological polar surface area (TPSA) is 59.9 Å². The molecule has 0 spiro atoms. The Balaban J connectivity index is 2.51. The van der Waals surface area contributed by atoms with Crippen LogP contribution in [0.1, 0.15) is 18.7 Å². The monoisotopic (exact) mass is 366 g/mol. The zero-order chi connectivity index (χ0) is 18.2. The Morgan fingerprint density at radius 3 is 2.62 bits per heavy atom. The van der Waals surface area contributed by atoms with Crippen molar-refractivity contribution < 1.29 is 18.3 Å². The minimum atomic E-state index is -4.20. The quantitative estimate of drug-likeness (QED) is 0.487. The number of aliphatic hydroxyl groups is 1. The van der Waals surface area contributed by atoms with Gasteiger partial charge in [-0.25, -0.2) is 4.99 Å². The zero-order valence-corrected chi connectivity index (χ0v) is 15.0. The Labute approximate surface area is 144 Å². The number of hydrogen-bond acceptors (Lipinski definition) is 4. The Hall–Kier alpha value is -1.32. The summed E-state index contributed by atoms with van der Waals surface area (Å²) < 4.78 is 36.8. The first-order valence-corrected chi connectivity index (χ1v) is 8.56. The molecule has 1 rings (SSSR count). The van der Waals surface area contributed by atoms with Gasteiger partial charge in [0, 0.05) is 24.5 Å². The maximum absolute atomic E-state index is 12.3. The number of aliphatic imine (C=N–C) groups is 1. The minimum absolute atomic E-state index is 0.154. The molecule has 0 amide bonds. The van der Waals surface area contributed by atoms with Crippen LogP contribution in [0.2, 0.25) is 0 Å². The van der Waals surface area contributed by atoms with Crippen molar-refractivity contribution in [1.82, 2.24) is 15.5 Å². The lowest BCUT2D eigenvalue weighted by Crippen LogP contribution is -2.43. The SMILES string of the molecule is CCNC(=NCC(C)(O)c1cccs1)NCCN(C)CC(F)(F)F. The highest BCUT2D eigenvalue weighted by Gasteiger charge is 2.29. The van der Waals surface area contributed by atoms with Crippen molar-refractivity contribution in [2.75, 3.05) is 39.8 Å². The number of likely N-dealkylation sites (N-methyl/N-ethyl adjacent to an activating group) is 1. The van der Waals surface area contributed by atoms with E-state index in [1.807, 2.05) is 24.4 Å². The summed E-state index contributed by atoms with van der Waals surface area (Å²) in [7, 11) is 1.42. The van der Waals surface area contributed by atoms with E-state index in [0.29, 0.717) is 19.0 Å². The zero-order valence-electron chi connectivity index (χ0n) is 14.2. The van der Waals surface area contributed by atoms with Gasteiger partial charge in [0.25, 0.3) is 0 Å². The van der Waals surface area contributed by atoms with Crippen LogP contribution in [0.3, 0.4) is 0 Å². The number of rotatable bonds is 8. The van der Waals surface area contributed by atoms with E-state index < -0.39 is 18.3 Å². The fourth-order valence-corrected chi connectivity index (χ4v) is 2.77. The molecule has 1 aromatic heterocycles. The Morgan fingerprint density at radius 2 is 2.08 bits per heavy atom. The van der Waals surface area contributed by atoms with Gasteiger partial charge in [-0.3, -0.25) is 4.90 Å². The summed E-state index contributed by atoms with van der Waals surface area (Å²) in [5.41, 5.74) is -1.08. The van der Waals surface area contributed by atoms with E-state index in [2.05, 4.69) is 15.6 Å². The maximum atomic E-state index is 12.3. The Kier molecular flexibility index (Phi) is 7.98. The number of thiophene rings is 1. The molecule has 138 valence electrons. The van der Waals surface area contributed by atoms with Crippen LogP contribution in [0.15, 0.2) is 22.5 Å². The normalized spacial score (nSPS) is 15.4. The summed E-state index contributed by atoms with van der Waals surface area (Å²) in [4.78, 5) is 6.33. The molecule has 1 unspecified atom stereocenters. The van der Waals surface area contributed by atoms with Gasteiger partial charge in [-0.15, -0.1) is 11.3 Å². The predicted molar refractivity (Wildman–Crippen MR) is 91.4 cm³/mol. The molecule has 0 saturated heterocycles. The number of nitrogens with one attached hydrogen (secondary N) is 2. The summed E-state index contributed by atoms with van der Waals surface area (Å²) >= 11 is 1.45. The highest BCUT2D eigenvalue weighted by atomic mass is 32.1. The summed E-state index contributed by atoms with van der Waals surface area (Å²) in [6.07, 6.45) is -4.20. The Morgan fingerprint density at radius 1 is 1.38 bits per heavy atom. The third-order valence-electron chi connectivity index (χ3n) is 3.18. The van der Waals surface area contributed by atoms with E-state index in [1.165, 1.54) is 23.3 Å². The molecule has 3 N–H and O–H groups in total. The van der Waals surface area contributed by atoms with E-state index in [9.17, 15) is 18.3 Å². The second-order valence-electron chi connectivity index (χ2n) is 5.73. The van der Waals surface area contributed by atoms with Crippen LogP contribution in [-0.2, 0) is 5.60 Å². The van der Waals surface area contributed by atoms with Gasteiger partial charge in [0.2, 0.25) is 0 Å². The Bertz CT molecular complexity index is 503. The van der Waals surface area contributed by atoms with E-state index in [1.54, 1.807) is 6.92 Å². The number of nitrogens with zero attached hydrogens (tertiary/aromatic N) is 2. The average molecular weight is 366 g/mol. The van der Waals surface area contributed by atoms with Gasteiger partial charge in [-0.1, -0.05) is 6.07 Å². The van der Waals surface area contributed by atoms with Gasteiger partial charge in [0.05, 0.1) is 13.1 Å². The van der Waals surface area contributed by atoms with E-state index in [-0.39, 0.29) is 13.1 Å². The second-order valence-corrected chi connectivity index (χ2v) is 6.67. The number of halogens is 3. The second kappa shape index (κ2) is 9.24. The van der Waals surface area contributed by atoms with Crippen molar-refractivity contribution >= 4 is 17.3 Å². The molecular weight excluding hydrogens is 341 g/mol. The molecule has 0 aromatic carbocycles. The van der Waals surface area contributed by atoms with Gasteiger partial charge >= 0.3 is 6.18 Å². The lowest BCUT2D eigenvalue weighted by Gasteiger charge is -2.22. The van der Waals surface area contributed by atoms with E-state index in [0.717, 1.165) is 4.88 Å². The van der Waals surface area contributed by atoms with E-state index >= 15 is 0 Å². The van der Waals surface area contributed by atoms with Crippen LogP contribution in [0, 0.1) is 0 Å². The van der Waals surface area contributed by atoms with Crippen molar-refractivity contribution in [3.8, 4) is 0 Å². The number of guanidine groups is 1. The van der Waals surface area contributed by atoms with Crippen LogP contribution in [0.4, 0.5) is 13.2 Å². The molecule has 0 aliphatic heterocycles. The summed E-state index contributed by atoms with van der Waals surface area (Å²) in [6, 6.07) is 3.70. The minimum Gasteiger partial charge on any atom is -0.383 e.